The van der Waals surface area contributed by atoms with Crippen LogP contribution in [-0.2, 0) is 0 Å². The van der Waals surface area contributed by atoms with Crippen LogP contribution in [0.1, 0.15) is 0 Å². The maximum atomic E-state index is 9.00. The predicted molar refractivity (Wildman–Crippen MR) is 115 cm³/mol. The van der Waals surface area contributed by atoms with Crippen LogP contribution in [0.25, 0.3) is 0 Å². The highest BCUT2D eigenvalue weighted by molar-refractivity contribution is 5.53. The Morgan fingerprint density at radius 2 is 1.07 bits per heavy atom. The van der Waals surface area contributed by atoms with Crippen molar-refractivity contribution in [3.8, 4) is 5.75 Å². The summed E-state index contributed by atoms with van der Waals surface area (Å²) in [5.41, 5.74) is 3.99. The summed E-state index contributed by atoms with van der Waals surface area (Å²) in [5.74, 6) is 0.783. The second kappa shape index (κ2) is 10.1. The lowest BCUT2D eigenvalue weighted by Crippen LogP contribution is -2.20. The number of methoxy groups -OCH3 is 1. The molecule has 0 fully saturated rings. The van der Waals surface area contributed by atoms with Crippen LogP contribution in [0.4, 0.5) is 28.4 Å². The van der Waals surface area contributed by atoms with Crippen molar-refractivity contribution in [2.75, 3.05) is 32.2 Å². The average Bonchev–Trinajstić information content (AvgIpc) is 2.78. The third-order valence-corrected chi connectivity index (χ3v) is 4.21. The Labute approximate surface area is 170 Å². The molecular weight excluding hydrogens is 366 g/mol. The lowest BCUT2D eigenvalue weighted by molar-refractivity contribution is 0.304. The lowest BCUT2D eigenvalue weighted by Gasteiger charge is -2.17. The van der Waals surface area contributed by atoms with Crippen LogP contribution in [0.15, 0.2) is 93.3 Å². The zero-order valence-corrected chi connectivity index (χ0v) is 16.4. The Morgan fingerprint density at radius 3 is 1.45 bits per heavy atom. The van der Waals surface area contributed by atoms with Gasteiger partial charge in [-0.1, -0.05) is 0 Å². The summed E-state index contributed by atoms with van der Waals surface area (Å²) >= 11 is 0. The van der Waals surface area contributed by atoms with Crippen molar-refractivity contribution < 1.29 is 9.84 Å². The Kier molecular flexibility index (Phi) is 7.02. The van der Waals surface area contributed by atoms with E-state index in [1.165, 1.54) is 0 Å². The van der Waals surface area contributed by atoms with Crippen molar-refractivity contribution in [2.24, 2.45) is 20.5 Å². The maximum Gasteiger partial charge on any atom is 0.119 e. The molecule has 0 unspecified atom stereocenters. The minimum atomic E-state index is 0.119. The molecule has 0 radical (unpaired) electrons. The predicted octanol–water partition coefficient (Wildman–Crippen LogP) is 5.95. The van der Waals surface area contributed by atoms with E-state index in [0.717, 1.165) is 34.2 Å². The molecule has 1 N–H and O–H groups in total. The van der Waals surface area contributed by atoms with Gasteiger partial charge >= 0.3 is 0 Å². The second-order valence-electron chi connectivity index (χ2n) is 6.28. The van der Waals surface area contributed by atoms with E-state index in [-0.39, 0.29) is 6.61 Å². The first-order chi connectivity index (χ1) is 14.2. The summed E-state index contributed by atoms with van der Waals surface area (Å²) in [4.78, 5) is 1.97. The highest BCUT2D eigenvalue weighted by Gasteiger charge is 2.00. The summed E-state index contributed by atoms with van der Waals surface area (Å²) in [7, 11) is 3.56. The fraction of sp³-hybridized carbons (Fsp3) is 0.182. The number of aliphatic hydroxyl groups excluding tert-OH is 1. The molecule has 0 aliphatic rings. The zero-order valence-electron chi connectivity index (χ0n) is 16.4. The van der Waals surface area contributed by atoms with E-state index in [1.807, 2.05) is 84.7 Å². The number of anilines is 1. The van der Waals surface area contributed by atoms with Crippen LogP contribution < -0.4 is 9.64 Å². The van der Waals surface area contributed by atoms with Gasteiger partial charge in [-0.15, -0.1) is 0 Å². The van der Waals surface area contributed by atoms with Crippen LogP contribution in [0.3, 0.4) is 0 Å². The van der Waals surface area contributed by atoms with Crippen LogP contribution in [0.5, 0.6) is 5.75 Å². The van der Waals surface area contributed by atoms with Crippen molar-refractivity contribution in [3.05, 3.63) is 72.8 Å². The third kappa shape index (κ3) is 5.95. The molecule has 0 amide bonds. The van der Waals surface area contributed by atoms with Gasteiger partial charge in [0.15, 0.2) is 0 Å². The molecule has 0 spiro atoms. The van der Waals surface area contributed by atoms with Gasteiger partial charge in [0.25, 0.3) is 0 Å². The first-order valence-corrected chi connectivity index (χ1v) is 9.17. The van der Waals surface area contributed by atoms with Gasteiger partial charge in [-0.2, -0.15) is 20.5 Å². The van der Waals surface area contributed by atoms with Gasteiger partial charge in [-0.05, 0) is 72.8 Å². The molecule has 0 aromatic heterocycles. The van der Waals surface area contributed by atoms with E-state index in [4.69, 9.17) is 9.84 Å². The Morgan fingerprint density at radius 1 is 0.690 bits per heavy atom. The fourth-order valence-electron chi connectivity index (χ4n) is 2.52. The lowest BCUT2D eigenvalue weighted by atomic mass is 10.2. The van der Waals surface area contributed by atoms with Gasteiger partial charge in [-0.25, -0.2) is 0 Å². The average molecular weight is 389 g/mol. The fourth-order valence-corrected chi connectivity index (χ4v) is 2.52. The monoisotopic (exact) mass is 389 g/mol. The standard InChI is InChI=1S/C22H23N5O2/c1-27(15-16-28)21-11-7-19(8-12-21)25-23-17-3-5-18(6-4-17)24-26-20-9-13-22(29-2)14-10-20/h3-14,28H,15-16H2,1-2H3. The molecule has 0 aliphatic carbocycles. The number of nitrogens with zero attached hydrogens (tertiary/aromatic N) is 5. The Balaban J connectivity index is 1.60. The molecule has 0 atom stereocenters. The highest BCUT2D eigenvalue weighted by Crippen LogP contribution is 2.25. The van der Waals surface area contributed by atoms with Crippen LogP contribution in [-0.4, -0.2) is 32.4 Å². The maximum absolute atomic E-state index is 9.00. The molecule has 0 saturated heterocycles. The number of likely N-dealkylation sites (N-methyl/N-ethyl adjacent to an activating group) is 1. The minimum absolute atomic E-state index is 0.119. The summed E-state index contributed by atoms with van der Waals surface area (Å²) in [5, 5.41) is 25.9. The van der Waals surface area contributed by atoms with Crippen molar-refractivity contribution in [3.63, 3.8) is 0 Å². The van der Waals surface area contributed by atoms with Crippen molar-refractivity contribution in [1.82, 2.24) is 0 Å². The molecule has 0 bridgehead atoms. The third-order valence-electron chi connectivity index (χ3n) is 4.21. The summed E-state index contributed by atoms with van der Waals surface area (Å²) in [6, 6.07) is 22.4. The SMILES string of the molecule is COc1ccc(N=Nc2ccc(N=Nc3ccc(N(C)CCO)cc3)cc2)cc1. The molecule has 7 nitrogen and oxygen atoms in total. The minimum Gasteiger partial charge on any atom is -0.497 e. The first kappa shape index (κ1) is 20.2. The zero-order chi connectivity index (χ0) is 20.5. The number of rotatable bonds is 8. The molecule has 7 heteroatoms. The molecule has 29 heavy (non-hydrogen) atoms. The van der Waals surface area contributed by atoms with E-state index in [9.17, 15) is 0 Å². The largest absolute Gasteiger partial charge is 0.497 e. The molecule has 3 rings (SSSR count). The number of hydrogen-bond donors (Lipinski definition) is 1. The van der Waals surface area contributed by atoms with Gasteiger partial charge in [0.05, 0.1) is 36.5 Å². The normalized spacial score (nSPS) is 11.3. The number of aliphatic hydroxyl groups is 1. The quantitative estimate of drug-likeness (QED) is 0.483. The first-order valence-electron chi connectivity index (χ1n) is 9.17. The Hall–Kier alpha value is -3.58. The van der Waals surface area contributed by atoms with E-state index in [2.05, 4.69) is 20.5 Å². The van der Waals surface area contributed by atoms with E-state index < -0.39 is 0 Å². The molecule has 3 aromatic carbocycles. The number of benzene rings is 3. The molecule has 3 aromatic rings. The molecule has 0 heterocycles. The number of hydrogen-bond acceptors (Lipinski definition) is 7. The molecule has 148 valence electrons. The number of ether oxygens (including phenoxy) is 1. The van der Waals surface area contributed by atoms with Gasteiger partial charge in [-0.3, -0.25) is 0 Å². The van der Waals surface area contributed by atoms with Gasteiger partial charge in [0.2, 0.25) is 0 Å². The van der Waals surface area contributed by atoms with Gasteiger partial charge in [0.1, 0.15) is 5.75 Å². The van der Waals surface area contributed by atoms with Crippen LogP contribution >= 0.6 is 0 Å². The van der Waals surface area contributed by atoms with Crippen LogP contribution in [0.2, 0.25) is 0 Å². The highest BCUT2D eigenvalue weighted by atomic mass is 16.5. The molecule has 0 saturated carbocycles. The smallest absolute Gasteiger partial charge is 0.119 e. The van der Waals surface area contributed by atoms with E-state index in [0.29, 0.717) is 6.54 Å². The number of azo groups is 2. The summed E-state index contributed by atoms with van der Waals surface area (Å²) < 4.78 is 5.12. The molecule has 0 aliphatic heterocycles. The second-order valence-corrected chi connectivity index (χ2v) is 6.28. The van der Waals surface area contributed by atoms with Gasteiger partial charge in [0, 0.05) is 19.3 Å². The van der Waals surface area contributed by atoms with Gasteiger partial charge < -0.3 is 14.7 Å². The topological polar surface area (TPSA) is 82.1 Å². The molecular formula is C22H23N5O2. The summed E-state index contributed by atoms with van der Waals surface area (Å²) in [6.07, 6.45) is 0. The van der Waals surface area contributed by atoms with Crippen LogP contribution in [0, 0.1) is 0 Å². The van der Waals surface area contributed by atoms with E-state index >= 15 is 0 Å². The van der Waals surface area contributed by atoms with Crippen molar-refractivity contribution in [2.45, 2.75) is 0 Å². The van der Waals surface area contributed by atoms with Crippen molar-refractivity contribution in [1.29, 1.82) is 0 Å². The summed E-state index contributed by atoms with van der Waals surface area (Å²) in [6.45, 7) is 0.705. The Bertz CT molecular complexity index is 952. The van der Waals surface area contributed by atoms with Crippen molar-refractivity contribution >= 4 is 28.4 Å². The van der Waals surface area contributed by atoms with E-state index in [1.54, 1.807) is 7.11 Å².